The molecule has 122 valence electrons. The van der Waals surface area contributed by atoms with E-state index in [1.54, 1.807) is 30.3 Å². The van der Waals surface area contributed by atoms with Crippen LogP contribution in [0.15, 0.2) is 54.6 Å². The van der Waals surface area contributed by atoms with Crippen LogP contribution in [0, 0.1) is 6.92 Å². The van der Waals surface area contributed by atoms with Crippen molar-refractivity contribution in [3.05, 3.63) is 60.2 Å². The first-order valence-corrected chi connectivity index (χ1v) is 6.79. The molecule has 23 heavy (non-hydrogen) atoms. The fraction of sp³-hybridized carbons (Fsp3) is 0.176. The molecule has 0 saturated carbocycles. The van der Waals surface area contributed by atoms with Crippen molar-refractivity contribution in [1.82, 2.24) is 0 Å². The first-order chi connectivity index (χ1) is 11.0. The van der Waals surface area contributed by atoms with Gasteiger partial charge in [0.1, 0.15) is 11.5 Å². The standard InChI is InChI=1S/C9H10O3.C8H8O3/c1-7-4-2-3-5-8(7)12-6-9(10)11;9-8(10)6-11-7-4-2-1-3-5-7/h2-5H,6H2,1H3,(H,10,11);1-5H,6H2,(H,9,10). The molecule has 2 N–H and O–H groups in total. The molecule has 6 heteroatoms. The molecule has 0 aromatic heterocycles. The van der Waals surface area contributed by atoms with Crippen LogP contribution < -0.4 is 9.47 Å². The zero-order valence-corrected chi connectivity index (χ0v) is 12.6. The van der Waals surface area contributed by atoms with Crippen LogP contribution in [0.25, 0.3) is 0 Å². The highest BCUT2D eigenvalue weighted by Crippen LogP contribution is 2.15. The van der Waals surface area contributed by atoms with E-state index in [1.165, 1.54) is 0 Å². The lowest BCUT2D eigenvalue weighted by molar-refractivity contribution is -0.140. The smallest absolute Gasteiger partial charge is 0.341 e. The van der Waals surface area contributed by atoms with Gasteiger partial charge in [-0.25, -0.2) is 9.59 Å². The Morgan fingerprint density at radius 2 is 1.35 bits per heavy atom. The normalized spacial score (nSPS) is 9.26. The maximum atomic E-state index is 10.2. The number of carboxylic acid groups (broad SMARTS) is 2. The molecule has 0 heterocycles. The second kappa shape index (κ2) is 9.83. The van der Waals surface area contributed by atoms with Crippen molar-refractivity contribution >= 4 is 11.9 Å². The molecule has 0 unspecified atom stereocenters. The third-order valence-electron chi connectivity index (χ3n) is 2.55. The molecule has 6 nitrogen and oxygen atoms in total. The van der Waals surface area contributed by atoms with E-state index >= 15 is 0 Å². The van der Waals surface area contributed by atoms with Crippen molar-refractivity contribution in [3.8, 4) is 11.5 Å². The fourth-order valence-electron chi connectivity index (χ4n) is 1.52. The summed E-state index contributed by atoms with van der Waals surface area (Å²) in [5.74, 6) is -0.720. The van der Waals surface area contributed by atoms with E-state index in [2.05, 4.69) is 0 Å². The fourth-order valence-corrected chi connectivity index (χ4v) is 1.52. The summed E-state index contributed by atoms with van der Waals surface area (Å²) in [5.41, 5.74) is 0.943. The number of carboxylic acids is 2. The Hall–Kier alpha value is -3.02. The Balaban J connectivity index is 0.000000231. The van der Waals surface area contributed by atoms with Gasteiger partial charge in [-0.1, -0.05) is 36.4 Å². The highest BCUT2D eigenvalue weighted by Gasteiger charge is 2.00. The maximum Gasteiger partial charge on any atom is 0.341 e. The summed E-state index contributed by atoms with van der Waals surface area (Å²) < 4.78 is 9.87. The van der Waals surface area contributed by atoms with Crippen LogP contribution >= 0.6 is 0 Å². The zero-order valence-electron chi connectivity index (χ0n) is 12.6. The second-order valence-corrected chi connectivity index (χ2v) is 4.44. The molecule has 0 aliphatic heterocycles. The number of hydrogen-bond donors (Lipinski definition) is 2. The van der Waals surface area contributed by atoms with E-state index in [0.29, 0.717) is 11.5 Å². The Kier molecular flexibility index (Phi) is 7.71. The van der Waals surface area contributed by atoms with Crippen LogP contribution in [0.2, 0.25) is 0 Å². The molecule has 0 saturated heterocycles. The van der Waals surface area contributed by atoms with E-state index < -0.39 is 11.9 Å². The van der Waals surface area contributed by atoms with Gasteiger partial charge >= 0.3 is 11.9 Å². The molecular formula is C17H18O6. The van der Waals surface area contributed by atoms with Gasteiger partial charge in [0.15, 0.2) is 13.2 Å². The summed E-state index contributed by atoms with van der Waals surface area (Å²) in [6.45, 7) is 1.30. The van der Waals surface area contributed by atoms with Gasteiger partial charge in [0.2, 0.25) is 0 Å². The van der Waals surface area contributed by atoms with Gasteiger partial charge in [-0.2, -0.15) is 0 Å². The third-order valence-corrected chi connectivity index (χ3v) is 2.55. The van der Waals surface area contributed by atoms with Crippen LogP contribution in [0.3, 0.4) is 0 Å². The lowest BCUT2D eigenvalue weighted by Crippen LogP contribution is -2.09. The average Bonchev–Trinajstić information content (AvgIpc) is 2.54. The van der Waals surface area contributed by atoms with Gasteiger partial charge < -0.3 is 19.7 Å². The predicted octanol–water partition coefficient (Wildman–Crippen LogP) is 2.61. The number of aliphatic carboxylic acids is 2. The Labute approximate surface area is 133 Å². The lowest BCUT2D eigenvalue weighted by Gasteiger charge is -2.04. The van der Waals surface area contributed by atoms with Gasteiger partial charge in [0.25, 0.3) is 0 Å². The summed E-state index contributed by atoms with van der Waals surface area (Å²) >= 11 is 0. The van der Waals surface area contributed by atoms with Gasteiger partial charge in [-0.05, 0) is 30.7 Å². The SMILES string of the molecule is Cc1ccccc1OCC(=O)O.O=C(O)COc1ccccc1. The molecular weight excluding hydrogens is 300 g/mol. The lowest BCUT2D eigenvalue weighted by atomic mass is 10.2. The summed E-state index contributed by atoms with van der Waals surface area (Å²) in [4.78, 5) is 20.2. The molecule has 0 aliphatic rings. The largest absolute Gasteiger partial charge is 0.482 e. The zero-order chi connectivity index (χ0) is 17.1. The minimum absolute atomic E-state index is 0.287. The van der Waals surface area contributed by atoms with E-state index in [4.69, 9.17) is 19.7 Å². The summed E-state index contributed by atoms with van der Waals surface area (Å²) in [6.07, 6.45) is 0. The number of benzene rings is 2. The van der Waals surface area contributed by atoms with Gasteiger partial charge in [-0.3, -0.25) is 0 Å². The van der Waals surface area contributed by atoms with Crippen molar-refractivity contribution in [2.75, 3.05) is 13.2 Å². The van der Waals surface area contributed by atoms with Crippen LogP contribution in [-0.4, -0.2) is 35.4 Å². The van der Waals surface area contributed by atoms with Crippen LogP contribution in [0.5, 0.6) is 11.5 Å². The van der Waals surface area contributed by atoms with Gasteiger partial charge in [0.05, 0.1) is 0 Å². The van der Waals surface area contributed by atoms with Gasteiger partial charge in [-0.15, -0.1) is 0 Å². The maximum absolute atomic E-state index is 10.2. The van der Waals surface area contributed by atoms with Gasteiger partial charge in [0, 0.05) is 0 Å². The molecule has 2 aromatic carbocycles. The van der Waals surface area contributed by atoms with Crippen molar-refractivity contribution in [3.63, 3.8) is 0 Å². The summed E-state index contributed by atoms with van der Waals surface area (Å²) in [6, 6.07) is 16.1. The minimum Gasteiger partial charge on any atom is -0.482 e. The molecule has 0 amide bonds. The van der Waals surface area contributed by atoms with Crippen molar-refractivity contribution in [2.24, 2.45) is 0 Å². The summed E-state index contributed by atoms with van der Waals surface area (Å²) in [7, 11) is 0. The molecule has 2 rings (SSSR count). The first kappa shape index (κ1) is 18.0. The summed E-state index contributed by atoms with van der Waals surface area (Å²) in [5, 5.41) is 16.6. The van der Waals surface area contributed by atoms with E-state index in [9.17, 15) is 9.59 Å². The molecule has 0 aliphatic carbocycles. The number of rotatable bonds is 6. The quantitative estimate of drug-likeness (QED) is 0.850. The molecule has 0 spiro atoms. The Bertz CT molecular complexity index is 624. The first-order valence-electron chi connectivity index (χ1n) is 6.79. The molecule has 0 fully saturated rings. The van der Waals surface area contributed by atoms with E-state index in [-0.39, 0.29) is 13.2 Å². The monoisotopic (exact) mass is 318 g/mol. The number of aryl methyl sites for hydroxylation is 1. The third kappa shape index (κ3) is 8.11. The van der Waals surface area contributed by atoms with E-state index in [1.807, 2.05) is 31.2 Å². The minimum atomic E-state index is -0.964. The molecule has 2 aromatic rings. The van der Waals surface area contributed by atoms with Crippen LogP contribution in [0.4, 0.5) is 0 Å². The topological polar surface area (TPSA) is 93.1 Å². The number of para-hydroxylation sites is 2. The van der Waals surface area contributed by atoms with Crippen molar-refractivity contribution < 1.29 is 29.3 Å². The number of carbonyl (C=O) groups is 2. The molecule has 0 bridgehead atoms. The number of hydrogen-bond acceptors (Lipinski definition) is 4. The molecule has 0 atom stereocenters. The van der Waals surface area contributed by atoms with Crippen molar-refractivity contribution in [2.45, 2.75) is 6.92 Å². The van der Waals surface area contributed by atoms with Crippen LogP contribution in [0.1, 0.15) is 5.56 Å². The van der Waals surface area contributed by atoms with E-state index in [0.717, 1.165) is 5.56 Å². The molecule has 0 radical (unpaired) electrons. The second-order valence-electron chi connectivity index (χ2n) is 4.44. The highest BCUT2D eigenvalue weighted by atomic mass is 16.5. The average molecular weight is 318 g/mol. The van der Waals surface area contributed by atoms with Crippen molar-refractivity contribution in [1.29, 1.82) is 0 Å². The Morgan fingerprint density at radius 3 is 1.91 bits per heavy atom. The number of ether oxygens (including phenoxy) is 2. The Morgan fingerprint density at radius 1 is 0.826 bits per heavy atom. The predicted molar refractivity (Wildman–Crippen MR) is 83.9 cm³/mol. The van der Waals surface area contributed by atoms with Crippen LogP contribution in [-0.2, 0) is 9.59 Å². The highest BCUT2D eigenvalue weighted by molar-refractivity contribution is 5.68.